The maximum atomic E-state index is 13.1. The molecule has 0 bridgehead atoms. The number of hydrogen-bond acceptors (Lipinski definition) is 7. The molecule has 0 unspecified atom stereocenters. The highest BCUT2D eigenvalue weighted by Crippen LogP contribution is 2.26. The van der Waals surface area contributed by atoms with E-state index in [0.29, 0.717) is 48.8 Å². The molecular weight excluding hydrogens is 426 g/mol. The van der Waals surface area contributed by atoms with Crippen molar-refractivity contribution >= 4 is 21.8 Å². The minimum absolute atomic E-state index is 0.307. The zero-order chi connectivity index (χ0) is 22.7. The van der Waals surface area contributed by atoms with Crippen molar-refractivity contribution in [2.75, 3.05) is 43.5 Å². The van der Waals surface area contributed by atoms with E-state index in [0.717, 1.165) is 29.9 Å². The van der Waals surface area contributed by atoms with Crippen LogP contribution in [0.5, 0.6) is 5.75 Å². The Balaban J connectivity index is 1.43. The van der Waals surface area contributed by atoms with Crippen molar-refractivity contribution in [3.05, 3.63) is 35.5 Å². The maximum absolute atomic E-state index is 13.1. The van der Waals surface area contributed by atoms with Gasteiger partial charge in [0.15, 0.2) is 0 Å². The van der Waals surface area contributed by atoms with Crippen LogP contribution in [0.4, 0.5) is 11.8 Å². The van der Waals surface area contributed by atoms with Crippen LogP contribution in [0, 0.1) is 13.8 Å². The second-order valence-corrected chi connectivity index (χ2v) is 10.6. The Labute approximate surface area is 191 Å². The van der Waals surface area contributed by atoms with Gasteiger partial charge in [0.25, 0.3) is 0 Å². The molecule has 1 aliphatic carbocycles. The number of anilines is 2. The van der Waals surface area contributed by atoms with Crippen molar-refractivity contribution in [1.29, 1.82) is 0 Å². The number of aromatic nitrogens is 2. The first-order valence-corrected chi connectivity index (χ1v) is 12.8. The number of benzene rings is 1. The molecule has 2 heterocycles. The smallest absolute Gasteiger partial charge is 0.243 e. The molecule has 1 aromatic heterocycles. The number of aryl methyl sites for hydroxylation is 2. The fraction of sp³-hybridized carbons (Fsp3) is 0.565. The monoisotopic (exact) mass is 459 g/mol. The summed E-state index contributed by atoms with van der Waals surface area (Å²) in [5.74, 6) is 2.22. The molecule has 1 N–H and O–H groups in total. The number of hydrogen-bond donors (Lipinski definition) is 1. The number of ether oxygens (including phenoxy) is 1. The van der Waals surface area contributed by atoms with Crippen molar-refractivity contribution in [2.45, 2.75) is 56.9 Å². The first-order valence-electron chi connectivity index (χ1n) is 11.4. The lowest BCUT2D eigenvalue weighted by Gasteiger charge is -2.35. The van der Waals surface area contributed by atoms with Gasteiger partial charge in [-0.05, 0) is 50.5 Å². The number of sulfonamides is 1. The Kier molecular flexibility index (Phi) is 6.85. The molecule has 1 aliphatic heterocycles. The van der Waals surface area contributed by atoms with E-state index in [2.05, 4.69) is 15.2 Å². The van der Waals surface area contributed by atoms with Crippen LogP contribution in [-0.4, -0.2) is 62.0 Å². The average molecular weight is 460 g/mol. The number of rotatable bonds is 6. The van der Waals surface area contributed by atoms with E-state index in [9.17, 15) is 8.42 Å². The van der Waals surface area contributed by atoms with Crippen molar-refractivity contribution in [3.63, 3.8) is 0 Å². The van der Waals surface area contributed by atoms with Crippen molar-refractivity contribution in [3.8, 4) is 5.75 Å². The van der Waals surface area contributed by atoms with Gasteiger partial charge in [0.2, 0.25) is 16.0 Å². The zero-order valence-corrected chi connectivity index (χ0v) is 20.0. The van der Waals surface area contributed by atoms with Crippen LogP contribution in [0.1, 0.15) is 43.4 Å². The van der Waals surface area contributed by atoms with Crippen LogP contribution in [0.3, 0.4) is 0 Å². The predicted molar refractivity (Wildman–Crippen MR) is 126 cm³/mol. The molecule has 4 rings (SSSR count). The second-order valence-electron chi connectivity index (χ2n) is 8.69. The Hall–Kier alpha value is -2.39. The third-order valence-corrected chi connectivity index (χ3v) is 8.24. The molecule has 0 radical (unpaired) electrons. The standard InChI is InChI=1S/C23H33N5O3S/c1-17-15-20(9-10-21(17)31-3)32(29,30)28-13-11-27(12-14-28)22-16-18(2)24-23(26-22)25-19-7-5-4-6-8-19/h9-10,15-16,19H,4-8,11-14H2,1-3H3,(H,24,25,26). The van der Waals surface area contributed by atoms with Crippen LogP contribution >= 0.6 is 0 Å². The quantitative estimate of drug-likeness (QED) is 0.709. The lowest BCUT2D eigenvalue weighted by Crippen LogP contribution is -2.49. The van der Waals surface area contributed by atoms with Crippen LogP contribution in [0.2, 0.25) is 0 Å². The van der Waals surface area contributed by atoms with Gasteiger partial charge in [0.05, 0.1) is 12.0 Å². The van der Waals surface area contributed by atoms with Crippen LogP contribution in [0.15, 0.2) is 29.2 Å². The maximum Gasteiger partial charge on any atom is 0.243 e. The molecule has 1 saturated heterocycles. The first-order chi connectivity index (χ1) is 15.4. The van der Waals surface area contributed by atoms with E-state index >= 15 is 0 Å². The van der Waals surface area contributed by atoms with Crippen molar-refractivity contribution < 1.29 is 13.2 Å². The summed E-state index contributed by atoms with van der Waals surface area (Å²) in [5.41, 5.74) is 1.72. The van der Waals surface area contributed by atoms with Gasteiger partial charge in [-0.1, -0.05) is 19.3 Å². The molecule has 8 nitrogen and oxygen atoms in total. The molecule has 2 aliphatic rings. The summed E-state index contributed by atoms with van der Waals surface area (Å²) in [7, 11) is -1.96. The van der Waals surface area contributed by atoms with Gasteiger partial charge in [-0.2, -0.15) is 9.29 Å². The van der Waals surface area contributed by atoms with Crippen LogP contribution in [0.25, 0.3) is 0 Å². The van der Waals surface area contributed by atoms with E-state index in [1.54, 1.807) is 29.6 Å². The van der Waals surface area contributed by atoms with E-state index in [-0.39, 0.29) is 0 Å². The van der Waals surface area contributed by atoms with Gasteiger partial charge in [-0.3, -0.25) is 0 Å². The van der Waals surface area contributed by atoms with Gasteiger partial charge in [-0.15, -0.1) is 0 Å². The minimum atomic E-state index is -3.54. The van der Waals surface area contributed by atoms with E-state index in [1.165, 1.54) is 19.3 Å². The fourth-order valence-corrected chi connectivity index (χ4v) is 6.03. The SMILES string of the molecule is COc1ccc(S(=O)(=O)N2CCN(c3cc(C)nc(NC4CCCCC4)n3)CC2)cc1C. The zero-order valence-electron chi connectivity index (χ0n) is 19.2. The molecule has 2 fully saturated rings. The Bertz CT molecular complexity index is 1050. The number of nitrogens with zero attached hydrogens (tertiary/aromatic N) is 4. The molecule has 0 spiro atoms. The molecule has 1 aromatic carbocycles. The van der Waals surface area contributed by atoms with Crippen molar-refractivity contribution in [1.82, 2.24) is 14.3 Å². The Morgan fingerprint density at radius 1 is 1.00 bits per heavy atom. The topological polar surface area (TPSA) is 87.7 Å². The molecule has 2 aromatic rings. The normalized spacial score (nSPS) is 18.5. The molecular formula is C23H33N5O3S. The average Bonchev–Trinajstić information content (AvgIpc) is 2.79. The number of nitrogens with one attached hydrogen (secondary N) is 1. The van der Waals surface area contributed by atoms with E-state index in [1.807, 2.05) is 19.9 Å². The van der Waals surface area contributed by atoms with Crippen LogP contribution in [-0.2, 0) is 10.0 Å². The van der Waals surface area contributed by atoms with E-state index < -0.39 is 10.0 Å². The lowest BCUT2D eigenvalue weighted by atomic mass is 9.96. The summed E-state index contributed by atoms with van der Waals surface area (Å²) in [6.45, 7) is 5.85. The molecule has 174 valence electrons. The summed E-state index contributed by atoms with van der Waals surface area (Å²) < 4.78 is 33.1. The third kappa shape index (κ3) is 4.99. The fourth-order valence-electron chi connectivity index (χ4n) is 4.53. The van der Waals surface area contributed by atoms with Crippen molar-refractivity contribution in [2.24, 2.45) is 0 Å². The Morgan fingerprint density at radius 3 is 2.38 bits per heavy atom. The highest BCUT2D eigenvalue weighted by atomic mass is 32.2. The highest BCUT2D eigenvalue weighted by Gasteiger charge is 2.29. The number of piperazine rings is 1. The first kappa shape index (κ1) is 22.8. The minimum Gasteiger partial charge on any atom is -0.496 e. The summed E-state index contributed by atoms with van der Waals surface area (Å²) in [6, 6.07) is 7.42. The summed E-state index contributed by atoms with van der Waals surface area (Å²) >= 11 is 0. The largest absolute Gasteiger partial charge is 0.496 e. The Morgan fingerprint density at radius 2 is 1.72 bits per heavy atom. The molecule has 0 atom stereocenters. The second kappa shape index (κ2) is 9.62. The van der Waals surface area contributed by atoms with Gasteiger partial charge in [0.1, 0.15) is 11.6 Å². The highest BCUT2D eigenvalue weighted by molar-refractivity contribution is 7.89. The predicted octanol–water partition coefficient (Wildman–Crippen LogP) is 3.36. The van der Waals surface area contributed by atoms with Gasteiger partial charge in [-0.25, -0.2) is 13.4 Å². The summed E-state index contributed by atoms with van der Waals surface area (Å²) in [4.78, 5) is 11.8. The van der Waals surface area contributed by atoms with Gasteiger partial charge in [0, 0.05) is 44.0 Å². The van der Waals surface area contributed by atoms with Gasteiger partial charge >= 0.3 is 0 Å². The van der Waals surface area contributed by atoms with Crippen LogP contribution < -0.4 is 15.0 Å². The summed E-state index contributed by atoms with van der Waals surface area (Å²) in [5, 5.41) is 3.50. The molecule has 1 saturated carbocycles. The van der Waals surface area contributed by atoms with Gasteiger partial charge < -0.3 is 15.0 Å². The molecule has 9 heteroatoms. The molecule has 32 heavy (non-hydrogen) atoms. The lowest BCUT2D eigenvalue weighted by molar-refractivity contribution is 0.383. The number of methoxy groups -OCH3 is 1. The molecule has 0 amide bonds. The summed E-state index contributed by atoms with van der Waals surface area (Å²) in [6.07, 6.45) is 6.13. The third-order valence-electron chi connectivity index (χ3n) is 6.35. The van der Waals surface area contributed by atoms with E-state index in [4.69, 9.17) is 9.72 Å².